The van der Waals surface area contributed by atoms with Crippen LogP contribution in [0.2, 0.25) is 0 Å². The van der Waals surface area contributed by atoms with Crippen molar-refractivity contribution in [3.05, 3.63) is 33.1 Å². The Morgan fingerprint density at radius 3 is 2.94 bits per heavy atom. The summed E-state index contributed by atoms with van der Waals surface area (Å²) >= 11 is 0. The van der Waals surface area contributed by atoms with Crippen molar-refractivity contribution in [2.75, 3.05) is 6.61 Å². The standard InChI is InChI=1S/C10H14N2O4/c13-5-8(14)7-3-6(7)4-12-2-1-9(15)11-10(12)16/h1-2,6-8,13-14H,3-5H2,(H,11,15,16)/t6-,7-,8-/m1/s1. The molecule has 3 atom stereocenters. The van der Waals surface area contributed by atoms with E-state index in [1.807, 2.05) is 0 Å². The average Bonchev–Trinajstić information content (AvgIpc) is 3.00. The van der Waals surface area contributed by atoms with Crippen molar-refractivity contribution in [1.82, 2.24) is 9.55 Å². The second kappa shape index (κ2) is 4.23. The monoisotopic (exact) mass is 226 g/mol. The van der Waals surface area contributed by atoms with E-state index in [1.54, 1.807) is 0 Å². The fourth-order valence-electron chi connectivity index (χ4n) is 1.93. The van der Waals surface area contributed by atoms with Crippen LogP contribution in [0.15, 0.2) is 21.9 Å². The van der Waals surface area contributed by atoms with E-state index in [0.29, 0.717) is 6.54 Å². The van der Waals surface area contributed by atoms with Gasteiger partial charge in [-0.25, -0.2) is 4.79 Å². The van der Waals surface area contributed by atoms with E-state index in [2.05, 4.69) is 4.98 Å². The molecule has 0 aliphatic heterocycles. The molecule has 2 rings (SSSR count). The summed E-state index contributed by atoms with van der Waals surface area (Å²) in [6.45, 7) is 0.221. The van der Waals surface area contributed by atoms with Gasteiger partial charge in [-0.2, -0.15) is 0 Å². The Morgan fingerprint density at radius 1 is 1.56 bits per heavy atom. The number of rotatable bonds is 4. The van der Waals surface area contributed by atoms with Gasteiger partial charge < -0.3 is 14.8 Å². The second-order valence-electron chi connectivity index (χ2n) is 4.17. The molecule has 1 aliphatic rings. The van der Waals surface area contributed by atoms with Crippen LogP contribution in [0, 0.1) is 11.8 Å². The number of hydrogen-bond donors (Lipinski definition) is 3. The van der Waals surface area contributed by atoms with Crippen molar-refractivity contribution in [3.63, 3.8) is 0 Å². The minimum atomic E-state index is -0.705. The van der Waals surface area contributed by atoms with Gasteiger partial charge in [0.2, 0.25) is 0 Å². The summed E-state index contributed by atoms with van der Waals surface area (Å²) in [5, 5.41) is 18.1. The molecule has 1 aromatic heterocycles. The third kappa shape index (κ3) is 2.23. The Hall–Kier alpha value is -1.40. The van der Waals surface area contributed by atoms with E-state index in [9.17, 15) is 14.7 Å². The van der Waals surface area contributed by atoms with Crippen LogP contribution in [0.4, 0.5) is 0 Å². The van der Waals surface area contributed by atoms with Gasteiger partial charge in [0.25, 0.3) is 5.56 Å². The van der Waals surface area contributed by atoms with E-state index >= 15 is 0 Å². The first-order valence-electron chi connectivity index (χ1n) is 5.20. The van der Waals surface area contributed by atoms with E-state index in [-0.39, 0.29) is 18.4 Å². The molecule has 1 saturated carbocycles. The first-order chi connectivity index (χ1) is 7.61. The molecule has 0 radical (unpaired) electrons. The zero-order chi connectivity index (χ0) is 11.7. The maximum Gasteiger partial charge on any atom is 0.328 e. The number of aliphatic hydroxyl groups is 2. The summed E-state index contributed by atoms with van der Waals surface area (Å²) in [5.41, 5.74) is -0.847. The Bertz CT molecular complexity index is 478. The predicted octanol–water partition coefficient (Wildman–Crippen LogP) is -1.47. The zero-order valence-electron chi connectivity index (χ0n) is 8.67. The van der Waals surface area contributed by atoms with Crippen molar-refractivity contribution < 1.29 is 10.2 Å². The van der Waals surface area contributed by atoms with Gasteiger partial charge in [0, 0.05) is 18.8 Å². The molecule has 0 amide bonds. The average molecular weight is 226 g/mol. The molecule has 6 nitrogen and oxygen atoms in total. The molecule has 0 bridgehead atoms. The third-order valence-corrected chi connectivity index (χ3v) is 2.99. The normalized spacial score (nSPS) is 25.4. The summed E-state index contributed by atoms with van der Waals surface area (Å²) in [6, 6.07) is 1.29. The molecule has 0 saturated heterocycles. The molecule has 0 aromatic carbocycles. The Balaban J connectivity index is 2.02. The highest BCUT2D eigenvalue weighted by Crippen LogP contribution is 2.41. The van der Waals surface area contributed by atoms with Gasteiger partial charge in [-0.05, 0) is 18.3 Å². The molecule has 1 heterocycles. The summed E-state index contributed by atoms with van der Waals surface area (Å²) in [7, 11) is 0. The van der Waals surface area contributed by atoms with E-state index in [4.69, 9.17) is 5.11 Å². The molecule has 0 spiro atoms. The summed E-state index contributed by atoms with van der Waals surface area (Å²) in [4.78, 5) is 24.3. The van der Waals surface area contributed by atoms with E-state index < -0.39 is 17.4 Å². The van der Waals surface area contributed by atoms with Crippen molar-refractivity contribution in [1.29, 1.82) is 0 Å². The van der Waals surface area contributed by atoms with Gasteiger partial charge in [0.15, 0.2) is 0 Å². The smallest absolute Gasteiger partial charge is 0.328 e. The molecule has 6 heteroatoms. The fourth-order valence-corrected chi connectivity index (χ4v) is 1.93. The Kier molecular flexibility index (Phi) is 2.93. The molecule has 88 valence electrons. The number of aliphatic hydroxyl groups excluding tert-OH is 2. The largest absolute Gasteiger partial charge is 0.394 e. The number of nitrogens with one attached hydrogen (secondary N) is 1. The minimum Gasteiger partial charge on any atom is -0.394 e. The zero-order valence-corrected chi connectivity index (χ0v) is 8.67. The predicted molar refractivity (Wildman–Crippen MR) is 56.0 cm³/mol. The lowest BCUT2D eigenvalue weighted by Gasteiger charge is -2.07. The summed E-state index contributed by atoms with van der Waals surface area (Å²) in [5.74, 6) is 0.259. The van der Waals surface area contributed by atoms with Gasteiger partial charge in [-0.3, -0.25) is 9.78 Å². The molecular weight excluding hydrogens is 212 g/mol. The van der Waals surface area contributed by atoms with Gasteiger partial charge in [0.1, 0.15) is 0 Å². The summed E-state index contributed by atoms with van der Waals surface area (Å²) < 4.78 is 1.41. The van der Waals surface area contributed by atoms with Crippen LogP contribution in [0.3, 0.4) is 0 Å². The molecular formula is C10H14N2O4. The fraction of sp³-hybridized carbons (Fsp3) is 0.600. The van der Waals surface area contributed by atoms with Crippen LogP contribution in [0.5, 0.6) is 0 Å². The maximum absolute atomic E-state index is 11.3. The number of H-pyrrole nitrogens is 1. The number of aromatic amines is 1. The number of aromatic nitrogens is 2. The van der Waals surface area contributed by atoms with Crippen molar-refractivity contribution in [2.45, 2.75) is 19.1 Å². The maximum atomic E-state index is 11.3. The topological polar surface area (TPSA) is 95.3 Å². The molecule has 1 aromatic rings. The molecule has 3 N–H and O–H groups in total. The SMILES string of the molecule is O=c1ccn(C[C@H]2C[C@H]2[C@H](O)CO)c(=O)[nH]1. The van der Waals surface area contributed by atoms with Gasteiger partial charge in [0.05, 0.1) is 12.7 Å². The molecule has 16 heavy (non-hydrogen) atoms. The highest BCUT2D eigenvalue weighted by atomic mass is 16.3. The van der Waals surface area contributed by atoms with Gasteiger partial charge in [-0.15, -0.1) is 0 Å². The van der Waals surface area contributed by atoms with Gasteiger partial charge >= 0.3 is 5.69 Å². The molecule has 1 fully saturated rings. The van der Waals surface area contributed by atoms with Crippen LogP contribution >= 0.6 is 0 Å². The molecule has 1 aliphatic carbocycles. The van der Waals surface area contributed by atoms with Crippen LogP contribution in [-0.4, -0.2) is 32.5 Å². The van der Waals surface area contributed by atoms with Gasteiger partial charge in [-0.1, -0.05) is 0 Å². The number of nitrogens with zero attached hydrogens (tertiary/aromatic N) is 1. The lowest BCUT2D eigenvalue weighted by molar-refractivity contribution is 0.0727. The lowest BCUT2D eigenvalue weighted by Crippen LogP contribution is -2.29. The first-order valence-corrected chi connectivity index (χ1v) is 5.20. The van der Waals surface area contributed by atoms with Crippen molar-refractivity contribution >= 4 is 0 Å². The van der Waals surface area contributed by atoms with Crippen molar-refractivity contribution in [3.8, 4) is 0 Å². The molecule has 0 unspecified atom stereocenters. The highest BCUT2D eigenvalue weighted by Gasteiger charge is 2.42. The van der Waals surface area contributed by atoms with Crippen LogP contribution in [0.1, 0.15) is 6.42 Å². The third-order valence-electron chi connectivity index (χ3n) is 2.99. The van der Waals surface area contributed by atoms with E-state index in [0.717, 1.165) is 6.42 Å². The first kappa shape index (κ1) is 11.1. The van der Waals surface area contributed by atoms with Crippen LogP contribution in [0.25, 0.3) is 0 Å². The minimum absolute atomic E-state index is 0.0591. The number of hydrogen-bond acceptors (Lipinski definition) is 4. The second-order valence-corrected chi connectivity index (χ2v) is 4.17. The van der Waals surface area contributed by atoms with Crippen LogP contribution in [-0.2, 0) is 6.54 Å². The van der Waals surface area contributed by atoms with Crippen molar-refractivity contribution in [2.24, 2.45) is 11.8 Å². The quantitative estimate of drug-likeness (QED) is 0.584. The Labute approximate surface area is 91.2 Å². The Morgan fingerprint density at radius 2 is 2.31 bits per heavy atom. The summed E-state index contributed by atoms with van der Waals surface area (Å²) in [6.07, 6.45) is 1.54. The lowest BCUT2D eigenvalue weighted by atomic mass is 10.2. The van der Waals surface area contributed by atoms with E-state index in [1.165, 1.54) is 16.8 Å². The van der Waals surface area contributed by atoms with Crippen LogP contribution < -0.4 is 11.2 Å². The highest BCUT2D eigenvalue weighted by molar-refractivity contribution is 4.93.